The van der Waals surface area contributed by atoms with Gasteiger partial charge in [0.15, 0.2) is 0 Å². The Morgan fingerprint density at radius 1 is 1.12 bits per heavy atom. The number of hydrogen-bond donors (Lipinski definition) is 2. The summed E-state index contributed by atoms with van der Waals surface area (Å²) in [5, 5.41) is 5.27. The predicted molar refractivity (Wildman–Crippen MR) is 117 cm³/mol. The number of fused-ring (bicyclic) bond motifs is 1. The lowest BCUT2D eigenvalue weighted by molar-refractivity contribution is -0.140. The number of nitrogens with zero attached hydrogens (tertiary/aromatic N) is 1. The topological polar surface area (TPSA) is 87.7 Å². The summed E-state index contributed by atoms with van der Waals surface area (Å²) in [7, 11) is 1.22. The van der Waals surface area contributed by atoms with Gasteiger partial charge in [0.25, 0.3) is 5.91 Å². The molecule has 2 N–H and O–H groups in total. The van der Waals surface area contributed by atoms with E-state index >= 15 is 0 Å². The van der Waals surface area contributed by atoms with Crippen LogP contribution < -0.4 is 15.5 Å². The number of para-hydroxylation sites is 1. The molecular formula is C23H22F3N3O4. The fourth-order valence-electron chi connectivity index (χ4n) is 3.34. The Bertz CT molecular complexity index is 1140. The molecule has 2 amide bonds. The van der Waals surface area contributed by atoms with E-state index in [0.717, 1.165) is 28.2 Å². The van der Waals surface area contributed by atoms with Crippen LogP contribution in [-0.2, 0) is 25.3 Å². The molecule has 0 spiro atoms. The number of hydrogen-bond acceptors (Lipinski definition) is 5. The molecule has 1 aliphatic heterocycles. The van der Waals surface area contributed by atoms with Crippen LogP contribution in [0.4, 0.5) is 30.2 Å². The predicted octanol–water partition coefficient (Wildman–Crippen LogP) is 4.17. The quantitative estimate of drug-likeness (QED) is 0.653. The van der Waals surface area contributed by atoms with E-state index in [1.165, 1.54) is 25.3 Å². The monoisotopic (exact) mass is 461 g/mol. The lowest BCUT2D eigenvalue weighted by Crippen LogP contribution is -2.37. The molecule has 1 heterocycles. The Balaban J connectivity index is 1.93. The molecule has 0 saturated carbocycles. The van der Waals surface area contributed by atoms with Gasteiger partial charge in [-0.15, -0.1) is 0 Å². The molecular weight excluding hydrogens is 439 g/mol. The molecule has 174 valence electrons. The van der Waals surface area contributed by atoms with Gasteiger partial charge in [0.1, 0.15) is 6.54 Å². The average Bonchev–Trinajstić information content (AvgIpc) is 2.84. The van der Waals surface area contributed by atoms with E-state index in [4.69, 9.17) is 0 Å². The zero-order chi connectivity index (χ0) is 24.3. The number of benzene rings is 2. The highest BCUT2D eigenvalue weighted by Gasteiger charge is 2.34. The SMILES string of the molecule is COC(=O)CC1=CC(=O)N(CC(=O)Nc2ccccc2C(F)(F)F)c2cc(C)c(C)cc2N1. The third kappa shape index (κ3) is 5.51. The van der Waals surface area contributed by atoms with Crippen molar-refractivity contribution in [1.82, 2.24) is 0 Å². The molecule has 10 heteroatoms. The van der Waals surface area contributed by atoms with Gasteiger partial charge >= 0.3 is 12.1 Å². The molecule has 0 saturated heterocycles. The number of rotatable bonds is 5. The first kappa shape index (κ1) is 23.8. The second-order valence-corrected chi connectivity index (χ2v) is 7.52. The molecule has 0 aliphatic carbocycles. The molecule has 0 unspecified atom stereocenters. The van der Waals surface area contributed by atoms with Crippen LogP contribution in [0, 0.1) is 13.8 Å². The van der Waals surface area contributed by atoms with E-state index in [9.17, 15) is 27.6 Å². The molecule has 33 heavy (non-hydrogen) atoms. The first-order chi connectivity index (χ1) is 15.5. The van der Waals surface area contributed by atoms with Crippen LogP contribution in [0.15, 0.2) is 48.2 Å². The maximum absolute atomic E-state index is 13.3. The van der Waals surface area contributed by atoms with Crippen LogP contribution in [0.1, 0.15) is 23.1 Å². The number of carbonyl (C=O) groups is 3. The fourth-order valence-corrected chi connectivity index (χ4v) is 3.34. The van der Waals surface area contributed by atoms with Gasteiger partial charge in [0.2, 0.25) is 5.91 Å². The van der Waals surface area contributed by atoms with Gasteiger partial charge in [-0.2, -0.15) is 13.2 Å². The number of halogens is 3. The minimum atomic E-state index is -4.65. The zero-order valence-electron chi connectivity index (χ0n) is 18.2. The number of aryl methyl sites for hydroxylation is 2. The first-order valence-corrected chi connectivity index (χ1v) is 9.93. The highest BCUT2D eigenvalue weighted by molar-refractivity contribution is 6.10. The molecule has 3 rings (SSSR count). The van der Waals surface area contributed by atoms with Crippen LogP contribution in [0.5, 0.6) is 0 Å². The van der Waals surface area contributed by atoms with Gasteiger partial charge in [0.05, 0.1) is 36.2 Å². The lowest BCUT2D eigenvalue weighted by atomic mass is 10.1. The van der Waals surface area contributed by atoms with Crippen LogP contribution in [0.3, 0.4) is 0 Å². The number of ether oxygens (including phenoxy) is 1. The van der Waals surface area contributed by atoms with Crippen molar-refractivity contribution in [2.75, 3.05) is 29.2 Å². The number of anilines is 3. The minimum absolute atomic E-state index is 0.201. The summed E-state index contributed by atoms with van der Waals surface area (Å²) in [6, 6.07) is 8.05. The van der Waals surface area contributed by atoms with Gasteiger partial charge in [0, 0.05) is 11.8 Å². The molecule has 2 aromatic carbocycles. The molecule has 0 aromatic heterocycles. The maximum Gasteiger partial charge on any atom is 0.418 e. The number of esters is 1. The molecule has 0 atom stereocenters. The average molecular weight is 461 g/mol. The third-order valence-corrected chi connectivity index (χ3v) is 5.13. The normalized spacial score (nSPS) is 13.5. The van der Waals surface area contributed by atoms with E-state index in [2.05, 4.69) is 15.4 Å². The summed E-state index contributed by atoms with van der Waals surface area (Å²) in [6.07, 6.45) is -3.69. The first-order valence-electron chi connectivity index (χ1n) is 9.93. The Labute approximate surface area is 188 Å². The van der Waals surface area contributed by atoms with Gasteiger partial charge in [-0.1, -0.05) is 12.1 Å². The highest BCUT2D eigenvalue weighted by Crippen LogP contribution is 2.35. The standard InChI is InChI=1S/C23H22F3N3O4/c1-13-8-18-19(9-14(13)2)29(21(31)10-15(27-18)11-22(32)33-3)12-20(30)28-17-7-5-4-6-16(17)23(24,25)26/h4-10,27H,11-12H2,1-3H3,(H,28,30). The van der Waals surface area contributed by atoms with Crippen LogP contribution >= 0.6 is 0 Å². The highest BCUT2D eigenvalue weighted by atomic mass is 19.4. The van der Waals surface area contributed by atoms with Gasteiger partial charge in [-0.3, -0.25) is 19.3 Å². The fraction of sp³-hybridized carbons (Fsp3) is 0.261. The van der Waals surface area contributed by atoms with Crippen LogP contribution in [-0.4, -0.2) is 31.4 Å². The van der Waals surface area contributed by atoms with Gasteiger partial charge in [-0.05, 0) is 49.2 Å². The molecule has 1 aliphatic rings. The molecule has 0 bridgehead atoms. The summed E-state index contributed by atoms with van der Waals surface area (Å²) >= 11 is 0. The third-order valence-electron chi connectivity index (χ3n) is 5.13. The Kier molecular flexibility index (Phi) is 6.75. The summed E-state index contributed by atoms with van der Waals surface area (Å²) in [6.45, 7) is 3.15. The van der Waals surface area contributed by atoms with Crippen molar-refractivity contribution in [1.29, 1.82) is 0 Å². The second-order valence-electron chi connectivity index (χ2n) is 7.52. The van der Waals surface area contributed by atoms with Crippen molar-refractivity contribution in [2.45, 2.75) is 26.4 Å². The number of nitrogens with one attached hydrogen (secondary N) is 2. The Morgan fingerprint density at radius 3 is 2.45 bits per heavy atom. The lowest BCUT2D eigenvalue weighted by Gasteiger charge is -2.23. The van der Waals surface area contributed by atoms with E-state index in [0.29, 0.717) is 11.4 Å². The molecule has 0 fully saturated rings. The van der Waals surface area contributed by atoms with Gasteiger partial charge < -0.3 is 15.4 Å². The minimum Gasteiger partial charge on any atom is -0.469 e. The number of alkyl halides is 3. The zero-order valence-corrected chi connectivity index (χ0v) is 18.2. The summed E-state index contributed by atoms with van der Waals surface area (Å²) < 4.78 is 44.4. The van der Waals surface area contributed by atoms with Crippen molar-refractivity contribution >= 4 is 34.8 Å². The van der Waals surface area contributed by atoms with Crippen molar-refractivity contribution in [3.8, 4) is 0 Å². The molecule has 0 radical (unpaired) electrons. The van der Waals surface area contributed by atoms with Crippen molar-refractivity contribution in [3.05, 3.63) is 64.9 Å². The van der Waals surface area contributed by atoms with Crippen LogP contribution in [0.2, 0.25) is 0 Å². The smallest absolute Gasteiger partial charge is 0.418 e. The maximum atomic E-state index is 13.3. The Hall–Kier alpha value is -3.82. The van der Waals surface area contributed by atoms with E-state index in [1.54, 1.807) is 12.1 Å². The van der Waals surface area contributed by atoms with Crippen molar-refractivity contribution in [3.63, 3.8) is 0 Å². The number of methoxy groups -OCH3 is 1. The number of carbonyl (C=O) groups excluding carboxylic acids is 3. The molecule has 7 nitrogen and oxygen atoms in total. The largest absolute Gasteiger partial charge is 0.469 e. The Morgan fingerprint density at radius 2 is 1.79 bits per heavy atom. The van der Waals surface area contributed by atoms with E-state index in [1.807, 2.05) is 13.8 Å². The summed E-state index contributed by atoms with van der Waals surface area (Å²) in [5.74, 6) is -1.99. The van der Waals surface area contributed by atoms with E-state index < -0.39 is 41.8 Å². The molecule has 2 aromatic rings. The van der Waals surface area contributed by atoms with Crippen molar-refractivity contribution in [2.24, 2.45) is 0 Å². The number of amides is 2. The second kappa shape index (κ2) is 9.35. The van der Waals surface area contributed by atoms with Gasteiger partial charge in [-0.25, -0.2) is 0 Å². The summed E-state index contributed by atoms with van der Waals surface area (Å²) in [5.41, 5.74) is 1.44. The van der Waals surface area contributed by atoms with Crippen molar-refractivity contribution < 1.29 is 32.3 Å². The van der Waals surface area contributed by atoms with E-state index in [-0.39, 0.29) is 12.1 Å². The summed E-state index contributed by atoms with van der Waals surface area (Å²) in [4.78, 5) is 38.5. The van der Waals surface area contributed by atoms with Crippen LogP contribution in [0.25, 0.3) is 0 Å².